The Hall–Kier alpha value is -2.61. The lowest BCUT2D eigenvalue weighted by atomic mass is 9.94. The summed E-state index contributed by atoms with van der Waals surface area (Å²) < 4.78 is 13.4. The number of carbonyl (C=O) groups excluding carboxylic acids is 1. The SMILES string of the molecule is COCCn1nc2n(c1=O)CCN(C(=O)C1(c3ccc(OC)cc3)CC1)CC2. The van der Waals surface area contributed by atoms with Gasteiger partial charge in [-0.3, -0.25) is 9.36 Å². The lowest BCUT2D eigenvalue weighted by Crippen LogP contribution is -2.41. The Kier molecular flexibility index (Phi) is 4.97. The molecule has 150 valence electrons. The molecule has 4 rings (SSSR count). The predicted molar refractivity (Wildman–Crippen MR) is 103 cm³/mol. The summed E-state index contributed by atoms with van der Waals surface area (Å²) in [5.41, 5.74) is 0.497. The van der Waals surface area contributed by atoms with E-state index < -0.39 is 5.41 Å². The first-order chi connectivity index (χ1) is 13.6. The second-order valence-corrected chi connectivity index (χ2v) is 7.42. The molecular formula is C20H26N4O4. The quantitative estimate of drug-likeness (QED) is 0.734. The van der Waals surface area contributed by atoms with Crippen LogP contribution in [0.3, 0.4) is 0 Å². The maximum absolute atomic E-state index is 13.3. The zero-order valence-electron chi connectivity index (χ0n) is 16.4. The Bertz CT molecular complexity index is 911. The summed E-state index contributed by atoms with van der Waals surface area (Å²) in [5, 5.41) is 4.43. The van der Waals surface area contributed by atoms with Crippen molar-refractivity contribution in [1.29, 1.82) is 0 Å². The maximum atomic E-state index is 13.3. The monoisotopic (exact) mass is 386 g/mol. The average Bonchev–Trinajstić information content (AvgIpc) is 3.51. The van der Waals surface area contributed by atoms with Crippen LogP contribution in [0.25, 0.3) is 0 Å². The fourth-order valence-corrected chi connectivity index (χ4v) is 3.95. The summed E-state index contributed by atoms with van der Waals surface area (Å²) in [6.45, 7) is 2.48. The van der Waals surface area contributed by atoms with Crippen LogP contribution >= 0.6 is 0 Å². The molecule has 0 radical (unpaired) electrons. The lowest BCUT2D eigenvalue weighted by molar-refractivity contribution is -0.134. The van der Waals surface area contributed by atoms with Crippen LogP contribution in [0.1, 0.15) is 24.2 Å². The summed E-state index contributed by atoms with van der Waals surface area (Å²) in [7, 11) is 3.24. The van der Waals surface area contributed by atoms with E-state index in [2.05, 4.69) is 5.10 Å². The van der Waals surface area contributed by atoms with Crippen LogP contribution < -0.4 is 10.4 Å². The number of amides is 1. The molecule has 0 N–H and O–H groups in total. The maximum Gasteiger partial charge on any atom is 0.346 e. The molecule has 0 atom stereocenters. The summed E-state index contributed by atoms with van der Waals surface area (Å²) >= 11 is 0. The number of ether oxygens (including phenoxy) is 2. The number of hydrogen-bond donors (Lipinski definition) is 0. The molecule has 0 unspecified atom stereocenters. The molecule has 0 bridgehead atoms. The van der Waals surface area contributed by atoms with E-state index in [1.54, 1.807) is 18.8 Å². The smallest absolute Gasteiger partial charge is 0.346 e. The summed E-state index contributed by atoms with van der Waals surface area (Å²) in [6, 6.07) is 7.79. The molecule has 1 saturated carbocycles. The van der Waals surface area contributed by atoms with Gasteiger partial charge in [0.2, 0.25) is 5.91 Å². The van der Waals surface area contributed by atoms with E-state index in [9.17, 15) is 9.59 Å². The van der Waals surface area contributed by atoms with Gasteiger partial charge in [0.05, 0.1) is 25.7 Å². The first-order valence-corrected chi connectivity index (χ1v) is 9.68. The number of aromatic nitrogens is 3. The normalized spacial score (nSPS) is 17.7. The largest absolute Gasteiger partial charge is 0.497 e. The number of hydrogen-bond acceptors (Lipinski definition) is 5. The molecular weight excluding hydrogens is 360 g/mol. The third kappa shape index (κ3) is 3.22. The second-order valence-electron chi connectivity index (χ2n) is 7.42. The van der Waals surface area contributed by atoms with Crippen molar-refractivity contribution in [3.05, 3.63) is 46.1 Å². The zero-order chi connectivity index (χ0) is 19.7. The van der Waals surface area contributed by atoms with Gasteiger partial charge < -0.3 is 14.4 Å². The van der Waals surface area contributed by atoms with E-state index in [4.69, 9.17) is 9.47 Å². The van der Waals surface area contributed by atoms with Crippen LogP contribution in [-0.4, -0.2) is 59.1 Å². The van der Waals surface area contributed by atoms with Gasteiger partial charge in [0.15, 0.2) is 0 Å². The predicted octanol–water partition coefficient (Wildman–Crippen LogP) is 0.816. The first-order valence-electron chi connectivity index (χ1n) is 9.68. The number of nitrogens with zero attached hydrogens (tertiary/aromatic N) is 4. The van der Waals surface area contributed by atoms with Gasteiger partial charge >= 0.3 is 5.69 Å². The van der Waals surface area contributed by atoms with Crippen LogP contribution in [0.15, 0.2) is 29.1 Å². The standard InChI is InChI=1S/C20H26N4O4/c1-27-14-13-24-19(26)23-12-11-22(10-7-17(23)21-24)18(25)20(8-9-20)15-3-5-16(28-2)6-4-15/h3-6H,7-14H2,1-2H3. The number of rotatable bonds is 6. The molecule has 2 heterocycles. The molecule has 28 heavy (non-hydrogen) atoms. The van der Waals surface area contributed by atoms with Crippen molar-refractivity contribution < 1.29 is 14.3 Å². The molecule has 1 aromatic heterocycles. The van der Waals surface area contributed by atoms with Crippen molar-refractivity contribution >= 4 is 5.91 Å². The Morgan fingerprint density at radius 3 is 2.54 bits per heavy atom. The molecule has 1 aromatic carbocycles. The molecule has 1 amide bonds. The topological polar surface area (TPSA) is 78.6 Å². The molecule has 1 fully saturated rings. The highest BCUT2D eigenvalue weighted by Gasteiger charge is 2.53. The highest BCUT2D eigenvalue weighted by atomic mass is 16.5. The number of carbonyl (C=O) groups is 1. The molecule has 2 aromatic rings. The van der Waals surface area contributed by atoms with Gasteiger partial charge in [-0.2, -0.15) is 5.10 Å². The highest BCUT2D eigenvalue weighted by molar-refractivity contribution is 5.91. The molecule has 0 spiro atoms. The van der Waals surface area contributed by atoms with Crippen LogP contribution in [0.4, 0.5) is 0 Å². The van der Waals surface area contributed by atoms with Gasteiger partial charge in [0, 0.05) is 33.2 Å². The molecule has 8 heteroatoms. The van der Waals surface area contributed by atoms with Crippen molar-refractivity contribution in [2.45, 2.75) is 37.8 Å². The van der Waals surface area contributed by atoms with Crippen molar-refractivity contribution in [2.24, 2.45) is 0 Å². The van der Waals surface area contributed by atoms with Crippen molar-refractivity contribution in [3.8, 4) is 5.75 Å². The van der Waals surface area contributed by atoms with Crippen LogP contribution in [0, 0.1) is 0 Å². The van der Waals surface area contributed by atoms with Gasteiger partial charge in [-0.1, -0.05) is 12.1 Å². The van der Waals surface area contributed by atoms with E-state index in [1.807, 2.05) is 29.2 Å². The van der Waals surface area contributed by atoms with Gasteiger partial charge in [-0.05, 0) is 30.5 Å². The van der Waals surface area contributed by atoms with Gasteiger partial charge in [0.25, 0.3) is 0 Å². The summed E-state index contributed by atoms with van der Waals surface area (Å²) in [5.74, 6) is 1.69. The molecule has 2 aliphatic rings. The fraction of sp³-hybridized carbons (Fsp3) is 0.550. The van der Waals surface area contributed by atoms with Crippen molar-refractivity contribution in [1.82, 2.24) is 19.2 Å². The van der Waals surface area contributed by atoms with Gasteiger partial charge in [0.1, 0.15) is 11.6 Å². The molecule has 1 aliphatic heterocycles. The van der Waals surface area contributed by atoms with Crippen molar-refractivity contribution in [3.63, 3.8) is 0 Å². The first kappa shape index (κ1) is 18.7. The van der Waals surface area contributed by atoms with Crippen molar-refractivity contribution in [2.75, 3.05) is 33.9 Å². The fourth-order valence-electron chi connectivity index (χ4n) is 3.95. The number of methoxy groups -OCH3 is 2. The minimum Gasteiger partial charge on any atom is -0.497 e. The summed E-state index contributed by atoms with van der Waals surface area (Å²) in [6.07, 6.45) is 2.31. The Morgan fingerprint density at radius 1 is 1.14 bits per heavy atom. The van der Waals surface area contributed by atoms with E-state index in [1.165, 1.54) is 4.68 Å². The van der Waals surface area contributed by atoms with Crippen LogP contribution in [-0.2, 0) is 34.5 Å². The molecule has 8 nitrogen and oxygen atoms in total. The third-order valence-corrected chi connectivity index (χ3v) is 5.79. The Balaban J connectivity index is 1.48. The van der Waals surface area contributed by atoms with E-state index in [-0.39, 0.29) is 11.6 Å². The van der Waals surface area contributed by atoms with E-state index in [0.29, 0.717) is 39.2 Å². The molecule has 0 saturated heterocycles. The highest BCUT2D eigenvalue weighted by Crippen LogP contribution is 2.50. The lowest BCUT2D eigenvalue weighted by Gasteiger charge is -2.26. The van der Waals surface area contributed by atoms with Gasteiger partial charge in [-0.15, -0.1) is 0 Å². The summed E-state index contributed by atoms with van der Waals surface area (Å²) in [4.78, 5) is 27.7. The molecule has 1 aliphatic carbocycles. The third-order valence-electron chi connectivity index (χ3n) is 5.79. The Labute approximate surface area is 163 Å². The van der Waals surface area contributed by atoms with E-state index >= 15 is 0 Å². The zero-order valence-corrected chi connectivity index (χ0v) is 16.4. The second kappa shape index (κ2) is 7.43. The van der Waals surface area contributed by atoms with Gasteiger partial charge in [-0.25, -0.2) is 9.48 Å². The average molecular weight is 386 g/mol. The van der Waals surface area contributed by atoms with Crippen LogP contribution in [0.2, 0.25) is 0 Å². The van der Waals surface area contributed by atoms with Crippen LogP contribution in [0.5, 0.6) is 5.75 Å². The number of fused-ring (bicyclic) bond motifs is 1. The number of benzene rings is 1. The Morgan fingerprint density at radius 2 is 1.89 bits per heavy atom. The minimum atomic E-state index is -0.419. The minimum absolute atomic E-state index is 0.127. The van der Waals surface area contributed by atoms with E-state index in [0.717, 1.165) is 30.0 Å².